The molecule has 7 heteroatoms. The predicted molar refractivity (Wildman–Crippen MR) is 108 cm³/mol. The number of anilines is 2. The molecule has 1 aliphatic rings. The van der Waals surface area contributed by atoms with E-state index in [1.807, 2.05) is 6.07 Å². The number of amides is 1. The van der Waals surface area contributed by atoms with Crippen molar-refractivity contribution in [3.05, 3.63) is 64.7 Å². The Kier molecular flexibility index (Phi) is 5.09. The number of hydrogen-bond donors (Lipinski definition) is 1. The summed E-state index contributed by atoms with van der Waals surface area (Å²) in [5.74, 6) is -1.18. The van der Waals surface area contributed by atoms with E-state index in [0.717, 1.165) is 31.5 Å². The van der Waals surface area contributed by atoms with Crippen LogP contribution in [0.3, 0.4) is 0 Å². The topological polar surface area (TPSA) is 45.2 Å². The second-order valence-electron chi connectivity index (χ2n) is 6.72. The summed E-state index contributed by atoms with van der Waals surface area (Å²) < 4.78 is 27.6. The summed E-state index contributed by atoms with van der Waals surface area (Å²) in [5, 5.41) is 3.36. The van der Waals surface area contributed by atoms with Crippen molar-refractivity contribution in [1.82, 2.24) is 4.98 Å². The lowest BCUT2D eigenvalue weighted by molar-refractivity contribution is 0.102. The van der Waals surface area contributed by atoms with Gasteiger partial charge in [-0.15, -0.1) is 11.3 Å². The third kappa shape index (κ3) is 3.62. The van der Waals surface area contributed by atoms with Crippen LogP contribution < -0.4 is 10.2 Å². The third-order valence-electron chi connectivity index (χ3n) is 4.77. The number of carbonyl (C=O) groups excluding carboxylic acids is 1. The zero-order valence-electron chi connectivity index (χ0n) is 15.3. The number of carbonyl (C=O) groups is 1. The van der Waals surface area contributed by atoms with Crippen molar-refractivity contribution < 1.29 is 13.6 Å². The van der Waals surface area contributed by atoms with Crippen LogP contribution in [0.1, 0.15) is 28.2 Å². The summed E-state index contributed by atoms with van der Waals surface area (Å²) in [6, 6.07) is 10.8. The molecule has 1 aliphatic heterocycles. The second kappa shape index (κ2) is 7.67. The Balaban J connectivity index is 1.62. The van der Waals surface area contributed by atoms with Crippen LogP contribution in [-0.4, -0.2) is 24.0 Å². The molecule has 0 saturated carbocycles. The average Bonchev–Trinajstić information content (AvgIpc) is 3.34. The molecule has 4 rings (SSSR count). The van der Waals surface area contributed by atoms with Crippen LogP contribution in [0.5, 0.6) is 0 Å². The lowest BCUT2D eigenvalue weighted by Gasteiger charge is -2.21. The highest BCUT2D eigenvalue weighted by molar-refractivity contribution is 7.17. The summed E-state index contributed by atoms with van der Waals surface area (Å²) in [6.45, 7) is 3.43. The number of aromatic nitrogens is 1. The lowest BCUT2D eigenvalue weighted by atomic mass is 10.2. The van der Waals surface area contributed by atoms with Gasteiger partial charge in [-0.05, 0) is 56.2 Å². The van der Waals surface area contributed by atoms with Gasteiger partial charge in [0.05, 0.1) is 11.4 Å². The van der Waals surface area contributed by atoms with E-state index in [-0.39, 0.29) is 11.5 Å². The Hall–Kier alpha value is -2.80. The molecule has 0 radical (unpaired) electrons. The highest BCUT2D eigenvalue weighted by Crippen LogP contribution is 2.33. The first-order chi connectivity index (χ1) is 13.5. The van der Waals surface area contributed by atoms with Gasteiger partial charge in [-0.25, -0.2) is 13.8 Å². The van der Waals surface area contributed by atoms with E-state index in [9.17, 15) is 13.6 Å². The number of aryl methyl sites for hydroxylation is 1. The van der Waals surface area contributed by atoms with Gasteiger partial charge in [-0.2, -0.15) is 0 Å². The summed E-state index contributed by atoms with van der Waals surface area (Å²) in [7, 11) is 0. The van der Waals surface area contributed by atoms with Crippen LogP contribution in [-0.2, 0) is 0 Å². The first kappa shape index (κ1) is 18.6. The standard InChI is InChI=1S/C21H19F2N3OS/c1-13-19(28-21(24-13)14-7-9-15(22)10-8-14)20(27)25-18-16(23)5-4-6-17(18)26-11-2-3-12-26/h4-10H,2-3,11-12H2,1H3,(H,25,27). The van der Waals surface area contributed by atoms with Crippen molar-refractivity contribution in [2.24, 2.45) is 0 Å². The highest BCUT2D eigenvalue weighted by Gasteiger charge is 2.22. The van der Waals surface area contributed by atoms with E-state index in [0.29, 0.717) is 21.3 Å². The summed E-state index contributed by atoms with van der Waals surface area (Å²) in [5.41, 5.74) is 2.19. The minimum atomic E-state index is -0.460. The zero-order valence-corrected chi connectivity index (χ0v) is 16.2. The lowest BCUT2D eigenvalue weighted by Crippen LogP contribution is -2.22. The van der Waals surface area contributed by atoms with Gasteiger partial charge in [0.2, 0.25) is 0 Å². The van der Waals surface area contributed by atoms with Crippen LogP contribution in [0.25, 0.3) is 10.6 Å². The van der Waals surface area contributed by atoms with Crippen LogP contribution in [0, 0.1) is 18.6 Å². The molecule has 1 fully saturated rings. The number of halogens is 2. The van der Waals surface area contributed by atoms with Gasteiger partial charge >= 0.3 is 0 Å². The largest absolute Gasteiger partial charge is 0.370 e. The number of benzene rings is 2. The molecular weight excluding hydrogens is 380 g/mol. The van der Waals surface area contributed by atoms with E-state index >= 15 is 0 Å². The predicted octanol–water partition coefficient (Wildman–Crippen LogP) is 5.25. The molecule has 144 valence electrons. The molecular formula is C21H19F2N3OS. The normalized spacial score (nSPS) is 13.8. The van der Waals surface area contributed by atoms with Gasteiger partial charge in [-0.3, -0.25) is 4.79 Å². The van der Waals surface area contributed by atoms with E-state index in [1.54, 1.807) is 25.1 Å². The minimum Gasteiger partial charge on any atom is -0.370 e. The van der Waals surface area contributed by atoms with Gasteiger partial charge in [0.15, 0.2) is 0 Å². The molecule has 1 saturated heterocycles. The third-order valence-corrected chi connectivity index (χ3v) is 5.98. The molecule has 1 N–H and O–H groups in total. The van der Waals surface area contributed by atoms with Crippen LogP contribution in [0.15, 0.2) is 42.5 Å². The molecule has 1 aromatic heterocycles. The van der Waals surface area contributed by atoms with Crippen molar-refractivity contribution in [2.75, 3.05) is 23.3 Å². The summed E-state index contributed by atoms with van der Waals surface area (Å²) in [6.07, 6.45) is 2.11. The van der Waals surface area contributed by atoms with Crippen molar-refractivity contribution in [3.8, 4) is 10.6 Å². The van der Waals surface area contributed by atoms with E-state index < -0.39 is 11.7 Å². The quantitative estimate of drug-likeness (QED) is 0.652. The number of nitrogens with zero attached hydrogens (tertiary/aromatic N) is 2. The number of hydrogen-bond acceptors (Lipinski definition) is 4. The maximum Gasteiger partial charge on any atom is 0.267 e. The zero-order chi connectivity index (χ0) is 19.7. The van der Waals surface area contributed by atoms with Crippen molar-refractivity contribution >= 4 is 28.6 Å². The molecule has 28 heavy (non-hydrogen) atoms. The van der Waals surface area contributed by atoms with E-state index in [1.165, 1.54) is 29.5 Å². The number of rotatable bonds is 4. The highest BCUT2D eigenvalue weighted by atomic mass is 32.1. The van der Waals surface area contributed by atoms with Crippen molar-refractivity contribution in [3.63, 3.8) is 0 Å². The summed E-state index contributed by atoms with van der Waals surface area (Å²) in [4.78, 5) is 19.8. The van der Waals surface area contributed by atoms with Gasteiger partial charge in [0.1, 0.15) is 27.2 Å². The Bertz CT molecular complexity index is 1010. The molecule has 2 heterocycles. The first-order valence-corrected chi connectivity index (χ1v) is 9.93. The molecule has 0 aliphatic carbocycles. The average molecular weight is 399 g/mol. The Morgan fingerprint density at radius 3 is 2.54 bits per heavy atom. The van der Waals surface area contributed by atoms with E-state index in [2.05, 4.69) is 15.2 Å². The van der Waals surface area contributed by atoms with Crippen molar-refractivity contribution in [1.29, 1.82) is 0 Å². The van der Waals surface area contributed by atoms with Gasteiger partial charge in [0.25, 0.3) is 5.91 Å². The fourth-order valence-electron chi connectivity index (χ4n) is 3.35. The maximum atomic E-state index is 14.5. The summed E-state index contributed by atoms with van der Waals surface area (Å²) >= 11 is 1.21. The molecule has 2 aromatic carbocycles. The molecule has 0 unspecified atom stereocenters. The fraction of sp³-hybridized carbons (Fsp3) is 0.238. The van der Waals surface area contributed by atoms with Crippen LogP contribution in [0.2, 0.25) is 0 Å². The second-order valence-corrected chi connectivity index (χ2v) is 7.72. The molecule has 1 amide bonds. The van der Waals surface area contributed by atoms with E-state index in [4.69, 9.17) is 0 Å². The molecule has 0 spiro atoms. The van der Waals surface area contributed by atoms with Crippen LogP contribution in [0.4, 0.5) is 20.2 Å². The molecule has 3 aromatic rings. The smallest absolute Gasteiger partial charge is 0.267 e. The molecule has 4 nitrogen and oxygen atoms in total. The number of thiazole rings is 1. The fourth-order valence-corrected chi connectivity index (χ4v) is 4.32. The Morgan fingerprint density at radius 1 is 1.11 bits per heavy atom. The van der Waals surface area contributed by atoms with Crippen LogP contribution >= 0.6 is 11.3 Å². The van der Waals surface area contributed by atoms with Crippen molar-refractivity contribution in [2.45, 2.75) is 19.8 Å². The monoisotopic (exact) mass is 399 g/mol. The first-order valence-electron chi connectivity index (χ1n) is 9.11. The van der Waals surface area contributed by atoms with Gasteiger partial charge in [-0.1, -0.05) is 6.07 Å². The molecule has 0 atom stereocenters. The number of para-hydroxylation sites is 1. The van der Waals surface area contributed by atoms with Gasteiger partial charge < -0.3 is 10.2 Å². The van der Waals surface area contributed by atoms with Gasteiger partial charge in [0, 0.05) is 18.7 Å². The Morgan fingerprint density at radius 2 is 1.82 bits per heavy atom. The minimum absolute atomic E-state index is 0.200. The maximum absolute atomic E-state index is 14.5. The molecule has 0 bridgehead atoms. The number of nitrogens with one attached hydrogen (secondary N) is 1. The Labute approximate surface area is 165 Å². The SMILES string of the molecule is Cc1nc(-c2ccc(F)cc2)sc1C(=O)Nc1c(F)cccc1N1CCCC1.